The average molecular weight is 392 g/mol. The van der Waals surface area contributed by atoms with Gasteiger partial charge in [0.25, 0.3) is 11.5 Å². The Bertz CT molecular complexity index is 1100. The lowest BCUT2D eigenvalue weighted by molar-refractivity contribution is 0.0950. The van der Waals surface area contributed by atoms with E-state index in [-0.39, 0.29) is 17.4 Å². The molecule has 29 heavy (non-hydrogen) atoms. The van der Waals surface area contributed by atoms with Crippen LogP contribution in [0.5, 0.6) is 5.75 Å². The molecule has 2 N–H and O–H groups in total. The maximum Gasteiger partial charge on any atom is 0.271 e. The van der Waals surface area contributed by atoms with E-state index in [1.54, 1.807) is 23.8 Å². The number of nitrogens with zero attached hydrogens (tertiary/aromatic N) is 2. The number of carbonyl (C=O) groups excluding carboxylic acids is 1. The van der Waals surface area contributed by atoms with Crippen molar-refractivity contribution in [3.05, 3.63) is 81.3 Å². The van der Waals surface area contributed by atoms with E-state index in [2.05, 4.69) is 15.3 Å². The van der Waals surface area contributed by atoms with Gasteiger partial charge in [0.15, 0.2) is 0 Å². The minimum Gasteiger partial charge on any atom is -0.496 e. The van der Waals surface area contributed by atoms with E-state index in [0.717, 1.165) is 22.7 Å². The number of rotatable bonds is 5. The van der Waals surface area contributed by atoms with Gasteiger partial charge in [-0.2, -0.15) is 0 Å². The zero-order valence-corrected chi connectivity index (χ0v) is 16.6. The average Bonchev–Trinajstić information content (AvgIpc) is 3.06. The summed E-state index contributed by atoms with van der Waals surface area (Å²) in [4.78, 5) is 32.5. The van der Waals surface area contributed by atoms with Gasteiger partial charge in [-0.25, -0.2) is 4.98 Å². The number of fused-ring (bicyclic) bond motifs is 1. The highest BCUT2D eigenvalue weighted by atomic mass is 16.5. The Hall–Kier alpha value is -3.35. The van der Waals surface area contributed by atoms with E-state index >= 15 is 0 Å². The molecule has 7 nitrogen and oxygen atoms in total. The molecule has 4 rings (SSSR count). The van der Waals surface area contributed by atoms with Crippen molar-refractivity contribution in [3.8, 4) is 5.75 Å². The summed E-state index contributed by atoms with van der Waals surface area (Å²) in [6.45, 7) is 2.94. The van der Waals surface area contributed by atoms with Crippen LogP contribution in [-0.2, 0) is 19.4 Å². The van der Waals surface area contributed by atoms with Crippen molar-refractivity contribution in [2.45, 2.75) is 32.2 Å². The summed E-state index contributed by atoms with van der Waals surface area (Å²) < 4.78 is 7.21. The first-order valence-electron chi connectivity index (χ1n) is 9.72. The molecule has 0 fully saturated rings. The van der Waals surface area contributed by atoms with Gasteiger partial charge in [-0.3, -0.25) is 9.59 Å². The highest BCUT2D eigenvalue weighted by Crippen LogP contribution is 2.30. The molecule has 0 spiro atoms. The monoisotopic (exact) mass is 392 g/mol. The molecular formula is C22H24N4O3. The van der Waals surface area contributed by atoms with Crippen LogP contribution >= 0.6 is 0 Å². The Morgan fingerprint density at radius 2 is 2.00 bits per heavy atom. The molecule has 0 aliphatic carbocycles. The molecule has 1 aromatic carbocycles. The Balaban J connectivity index is 1.58. The fraction of sp³-hybridized carbons (Fsp3) is 0.318. The Morgan fingerprint density at radius 3 is 2.79 bits per heavy atom. The highest BCUT2D eigenvalue weighted by Gasteiger charge is 2.27. The third-order valence-electron chi connectivity index (χ3n) is 5.42. The van der Waals surface area contributed by atoms with E-state index < -0.39 is 0 Å². The lowest BCUT2D eigenvalue weighted by Gasteiger charge is -2.17. The molecule has 1 amide bonds. The predicted molar refractivity (Wildman–Crippen MR) is 110 cm³/mol. The van der Waals surface area contributed by atoms with Gasteiger partial charge in [0.2, 0.25) is 0 Å². The standard InChI is InChI=1S/C22H24N4O3/c1-14-6-5-9-20(27)26(14)11-10-19-24-17-12-15(13-23-22(28)21(17)25-19)16-7-3-4-8-18(16)29-2/h3-9,15H,10-13H2,1-2H3,(H,23,28)(H,24,25). The summed E-state index contributed by atoms with van der Waals surface area (Å²) in [5.74, 6) is 1.44. The molecular weight excluding hydrogens is 368 g/mol. The number of amides is 1. The number of aromatic amines is 1. The number of methoxy groups -OCH3 is 1. The Kier molecular flexibility index (Phi) is 5.20. The van der Waals surface area contributed by atoms with Crippen molar-refractivity contribution in [1.82, 2.24) is 19.9 Å². The SMILES string of the molecule is COc1ccccc1C1CNC(=O)c2nc(CCn3c(C)cccc3=O)[nH]c2C1. The summed E-state index contributed by atoms with van der Waals surface area (Å²) in [6, 6.07) is 13.1. The first-order valence-corrected chi connectivity index (χ1v) is 9.72. The number of aromatic nitrogens is 3. The van der Waals surface area contributed by atoms with Gasteiger partial charge in [-0.15, -0.1) is 0 Å². The van der Waals surface area contributed by atoms with Crippen LogP contribution < -0.4 is 15.6 Å². The van der Waals surface area contributed by atoms with Crippen LogP contribution in [0.3, 0.4) is 0 Å². The third kappa shape index (κ3) is 3.81. The topological polar surface area (TPSA) is 89.0 Å². The van der Waals surface area contributed by atoms with Gasteiger partial charge in [0.05, 0.1) is 7.11 Å². The van der Waals surface area contributed by atoms with Gasteiger partial charge in [0, 0.05) is 42.9 Å². The Morgan fingerprint density at radius 1 is 1.17 bits per heavy atom. The quantitative estimate of drug-likeness (QED) is 0.697. The first kappa shape index (κ1) is 19.0. The van der Waals surface area contributed by atoms with Crippen LogP contribution in [0, 0.1) is 6.92 Å². The van der Waals surface area contributed by atoms with Gasteiger partial charge in [0.1, 0.15) is 17.3 Å². The van der Waals surface area contributed by atoms with Crippen LogP contribution in [0.1, 0.15) is 39.2 Å². The number of para-hydroxylation sites is 1. The van der Waals surface area contributed by atoms with Crippen molar-refractivity contribution in [2.75, 3.05) is 13.7 Å². The number of imidazole rings is 1. The second-order valence-electron chi connectivity index (χ2n) is 7.27. The van der Waals surface area contributed by atoms with Gasteiger partial charge < -0.3 is 19.6 Å². The number of hydrogen-bond acceptors (Lipinski definition) is 4. The summed E-state index contributed by atoms with van der Waals surface area (Å²) in [5.41, 5.74) is 3.19. The second-order valence-corrected chi connectivity index (χ2v) is 7.27. The molecule has 2 aromatic heterocycles. The number of H-pyrrole nitrogens is 1. The number of benzene rings is 1. The molecule has 1 aliphatic rings. The van der Waals surface area contributed by atoms with Gasteiger partial charge >= 0.3 is 0 Å². The molecule has 7 heteroatoms. The van der Waals surface area contributed by atoms with Crippen LogP contribution in [0.25, 0.3) is 0 Å². The van der Waals surface area contributed by atoms with Crippen molar-refractivity contribution in [3.63, 3.8) is 0 Å². The number of nitrogens with one attached hydrogen (secondary N) is 2. The molecule has 3 aromatic rings. The van der Waals surface area contributed by atoms with Gasteiger partial charge in [-0.1, -0.05) is 24.3 Å². The molecule has 0 bridgehead atoms. The molecule has 3 heterocycles. The third-order valence-corrected chi connectivity index (χ3v) is 5.42. The van der Waals surface area contributed by atoms with Crippen molar-refractivity contribution >= 4 is 5.91 Å². The van der Waals surface area contributed by atoms with Crippen LogP contribution in [-0.4, -0.2) is 34.1 Å². The smallest absolute Gasteiger partial charge is 0.271 e. The zero-order valence-electron chi connectivity index (χ0n) is 16.6. The normalized spacial score (nSPS) is 16.1. The van der Waals surface area contributed by atoms with E-state index in [0.29, 0.717) is 37.4 Å². The predicted octanol–water partition coefficient (Wildman–Crippen LogP) is 2.20. The molecule has 150 valence electrons. The number of hydrogen-bond donors (Lipinski definition) is 2. The van der Waals surface area contributed by atoms with E-state index in [9.17, 15) is 9.59 Å². The highest BCUT2D eigenvalue weighted by molar-refractivity contribution is 5.94. The van der Waals surface area contributed by atoms with Crippen molar-refractivity contribution in [2.24, 2.45) is 0 Å². The maximum atomic E-state index is 12.6. The second kappa shape index (κ2) is 7.95. The van der Waals surface area contributed by atoms with Crippen molar-refractivity contribution < 1.29 is 9.53 Å². The van der Waals surface area contributed by atoms with Crippen LogP contribution in [0.4, 0.5) is 0 Å². The molecule has 1 aliphatic heterocycles. The van der Waals surface area contributed by atoms with Crippen LogP contribution in [0.2, 0.25) is 0 Å². The van der Waals surface area contributed by atoms with Crippen molar-refractivity contribution in [1.29, 1.82) is 0 Å². The molecule has 0 radical (unpaired) electrons. The zero-order chi connectivity index (χ0) is 20.4. The Labute approximate surface area is 168 Å². The minimum absolute atomic E-state index is 0.0351. The first-order chi connectivity index (χ1) is 14.1. The number of ether oxygens (including phenoxy) is 1. The fourth-order valence-electron chi connectivity index (χ4n) is 3.89. The number of aryl methyl sites for hydroxylation is 2. The lowest BCUT2D eigenvalue weighted by atomic mass is 9.93. The summed E-state index contributed by atoms with van der Waals surface area (Å²) >= 11 is 0. The number of carbonyl (C=O) groups is 1. The lowest BCUT2D eigenvalue weighted by Crippen LogP contribution is -2.26. The maximum absolute atomic E-state index is 12.6. The summed E-state index contributed by atoms with van der Waals surface area (Å²) in [6.07, 6.45) is 1.20. The molecule has 0 saturated carbocycles. The molecule has 1 unspecified atom stereocenters. The van der Waals surface area contributed by atoms with E-state index in [1.807, 2.05) is 37.3 Å². The molecule has 0 saturated heterocycles. The van der Waals surface area contributed by atoms with E-state index in [4.69, 9.17) is 4.74 Å². The van der Waals surface area contributed by atoms with Crippen LogP contribution in [0.15, 0.2) is 47.3 Å². The number of pyridine rings is 1. The minimum atomic E-state index is -0.173. The fourth-order valence-corrected chi connectivity index (χ4v) is 3.89. The largest absolute Gasteiger partial charge is 0.496 e. The molecule has 1 atom stereocenters. The van der Waals surface area contributed by atoms with Gasteiger partial charge in [-0.05, 0) is 31.0 Å². The van der Waals surface area contributed by atoms with E-state index in [1.165, 1.54) is 0 Å². The summed E-state index contributed by atoms with van der Waals surface area (Å²) in [5, 5.41) is 2.97. The summed E-state index contributed by atoms with van der Waals surface area (Å²) in [7, 11) is 1.65.